The maximum absolute atomic E-state index is 5.86. The van der Waals surface area contributed by atoms with Gasteiger partial charge in [0.2, 0.25) is 0 Å². The average Bonchev–Trinajstić information content (AvgIpc) is 2.08. The Hall–Kier alpha value is -0.0500. The van der Waals surface area contributed by atoms with Gasteiger partial charge in [-0.3, -0.25) is 0 Å². The van der Waals surface area contributed by atoms with Gasteiger partial charge in [-0.25, -0.2) is 0 Å². The summed E-state index contributed by atoms with van der Waals surface area (Å²) in [7, 11) is 1.94. The molecule has 0 radical (unpaired) electrons. The molecule has 1 aromatic carbocycles. The quantitative estimate of drug-likeness (QED) is 0.846. The molecule has 1 nitrogen and oxygen atoms in total. The average molecular weight is 249 g/mol. The smallest absolute Gasteiger partial charge is 0.0548 e. The van der Waals surface area contributed by atoms with Gasteiger partial charge in [0, 0.05) is 10.5 Å². The van der Waals surface area contributed by atoms with Crippen LogP contribution in [0.4, 0.5) is 0 Å². The molecule has 0 unspecified atom stereocenters. The van der Waals surface area contributed by atoms with Crippen molar-refractivity contribution in [2.75, 3.05) is 7.05 Å². The van der Waals surface area contributed by atoms with Crippen molar-refractivity contribution in [3.63, 3.8) is 0 Å². The Morgan fingerprint density at radius 1 is 1.50 bits per heavy atom. The highest BCUT2D eigenvalue weighted by molar-refractivity contribution is 9.10. The molecule has 66 valence electrons. The van der Waals surface area contributed by atoms with E-state index in [2.05, 4.69) is 28.2 Å². The fraction of sp³-hybridized carbons (Fsp3) is 0.333. The van der Waals surface area contributed by atoms with Crippen LogP contribution in [-0.2, 0) is 0 Å². The van der Waals surface area contributed by atoms with E-state index in [1.807, 2.05) is 25.2 Å². The van der Waals surface area contributed by atoms with Crippen LogP contribution in [0.5, 0.6) is 0 Å². The second kappa shape index (κ2) is 4.26. The van der Waals surface area contributed by atoms with Gasteiger partial charge in [0.1, 0.15) is 0 Å². The molecule has 0 heterocycles. The first-order valence-corrected chi connectivity index (χ1v) is 4.94. The predicted octanol–water partition coefficient (Wildman–Crippen LogP) is 3.38. The number of halogens is 2. The third-order valence-electron chi connectivity index (χ3n) is 1.88. The molecular formula is C9H11BrClN. The summed E-state index contributed by atoms with van der Waals surface area (Å²) < 4.78 is 0.948. The first-order valence-electron chi connectivity index (χ1n) is 3.77. The lowest BCUT2D eigenvalue weighted by molar-refractivity contribution is 0.652. The van der Waals surface area contributed by atoms with Gasteiger partial charge in [0.15, 0.2) is 0 Å². The fourth-order valence-electron chi connectivity index (χ4n) is 0.948. The Bertz CT molecular complexity index is 275. The molecule has 1 aromatic rings. The summed E-state index contributed by atoms with van der Waals surface area (Å²) in [4.78, 5) is 0. The van der Waals surface area contributed by atoms with E-state index in [-0.39, 0.29) is 0 Å². The number of benzene rings is 1. The molecule has 0 aliphatic heterocycles. The minimum Gasteiger partial charge on any atom is -0.313 e. The molecule has 0 saturated carbocycles. The molecule has 0 fully saturated rings. The SMILES string of the molecule is CN[C@@H](C)c1ccc(Cl)c(Br)c1. The Morgan fingerprint density at radius 2 is 2.17 bits per heavy atom. The zero-order valence-corrected chi connectivity index (χ0v) is 9.41. The summed E-state index contributed by atoms with van der Waals surface area (Å²) in [5.74, 6) is 0. The highest BCUT2D eigenvalue weighted by atomic mass is 79.9. The van der Waals surface area contributed by atoms with E-state index in [1.165, 1.54) is 5.56 Å². The van der Waals surface area contributed by atoms with Gasteiger partial charge in [-0.05, 0) is 47.6 Å². The molecule has 0 aliphatic rings. The van der Waals surface area contributed by atoms with E-state index < -0.39 is 0 Å². The molecule has 0 amide bonds. The molecule has 0 spiro atoms. The lowest BCUT2D eigenvalue weighted by Gasteiger charge is -2.10. The first-order chi connectivity index (χ1) is 5.65. The van der Waals surface area contributed by atoms with Crippen LogP contribution in [0.3, 0.4) is 0 Å². The second-order valence-corrected chi connectivity index (χ2v) is 3.95. The van der Waals surface area contributed by atoms with Crippen LogP contribution in [0.15, 0.2) is 22.7 Å². The summed E-state index contributed by atoms with van der Waals surface area (Å²) in [6.07, 6.45) is 0. The molecule has 3 heteroatoms. The zero-order chi connectivity index (χ0) is 9.14. The van der Waals surface area contributed by atoms with Gasteiger partial charge in [0.05, 0.1) is 5.02 Å². The van der Waals surface area contributed by atoms with E-state index >= 15 is 0 Å². The third kappa shape index (κ3) is 2.22. The summed E-state index contributed by atoms with van der Waals surface area (Å²) in [5.41, 5.74) is 1.23. The van der Waals surface area contributed by atoms with Crippen molar-refractivity contribution < 1.29 is 0 Å². The normalized spacial score (nSPS) is 13.0. The van der Waals surface area contributed by atoms with Crippen LogP contribution < -0.4 is 5.32 Å². The number of nitrogens with one attached hydrogen (secondary N) is 1. The molecule has 0 aromatic heterocycles. The van der Waals surface area contributed by atoms with Crippen molar-refractivity contribution in [3.8, 4) is 0 Å². The van der Waals surface area contributed by atoms with Crippen LogP contribution >= 0.6 is 27.5 Å². The van der Waals surface area contributed by atoms with Crippen molar-refractivity contribution in [2.24, 2.45) is 0 Å². The first kappa shape index (κ1) is 10.0. The number of hydrogen-bond acceptors (Lipinski definition) is 1. The Morgan fingerprint density at radius 3 is 2.67 bits per heavy atom. The van der Waals surface area contributed by atoms with Crippen molar-refractivity contribution >= 4 is 27.5 Å². The van der Waals surface area contributed by atoms with E-state index in [9.17, 15) is 0 Å². The lowest BCUT2D eigenvalue weighted by atomic mass is 10.1. The van der Waals surface area contributed by atoms with Gasteiger partial charge in [-0.1, -0.05) is 17.7 Å². The van der Waals surface area contributed by atoms with Crippen LogP contribution in [0.25, 0.3) is 0 Å². The Labute approximate surface area is 86.2 Å². The van der Waals surface area contributed by atoms with Crippen LogP contribution in [0.1, 0.15) is 18.5 Å². The molecule has 12 heavy (non-hydrogen) atoms. The second-order valence-electron chi connectivity index (χ2n) is 2.68. The van der Waals surface area contributed by atoms with Gasteiger partial charge in [0.25, 0.3) is 0 Å². The van der Waals surface area contributed by atoms with Crippen LogP contribution in [0.2, 0.25) is 5.02 Å². The van der Waals surface area contributed by atoms with Gasteiger partial charge in [-0.2, -0.15) is 0 Å². The Balaban J connectivity index is 2.96. The number of hydrogen-bond donors (Lipinski definition) is 1. The minimum atomic E-state index is 0.360. The molecule has 0 aliphatic carbocycles. The van der Waals surface area contributed by atoms with Crippen molar-refractivity contribution in [3.05, 3.63) is 33.3 Å². The van der Waals surface area contributed by atoms with Crippen molar-refractivity contribution in [1.82, 2.24) is 5.32 Å². The van der Waals surface area contributed by atoms with Gasteiger partial charge in [-0.15, -0.1) is 0 Å². The standard InChI is InChI=1S/C9H11BrClN/c1-6(12-2)7-3-4-9(11)8(10)5-7/h3-6,12H,1-2H3/t6-/m0/s1. The fourth-order valence-corrected chi connectivity index (χ4v) is 1.46. The maximum atomic E-state index is 5.86. The molecule has 1 N–H and O–H groups in total. The predicted molar refractivity (Wildman–Crippen MR) is 56.6 cm³/mol. The topological polar surface area (TPSA) is 12.0 Å². The summed E-state index contributed by atoms with van der Waals surface area (Å²) in [6, 6.07) is 6.31. The Kier molecular flexibility index (Phi) is 3.56. The third-order valence-corrected chi connectivity index (χ3v) is 3.09. The van der Waals surface area contributed by atoms with Gasteiger partial charge >= 0.3 is 0 Å². The molecule has 1 rings (SSSR count). The molecule has 0 bridgehead atoms. The zero-order valence-electron chi connectivity index (χ0n) is 7.07. The van der Waals surface area contributed by atoms with E-state index in [0.717, 1.165) is 9.50 Å². The highest BCUT2D eigenvalue weighted by Crippen LogP contribution is 2.25. The summed E-state index contributed by atoms with van der Waals surface area (Å²) in [6.45, 7) is 2.11. The minimum absolute atomic E-state index is 0.360. The van der Waals surface area contributed by atoms with Crippen LogP contribution in [-0.4, -0.2) is 7.05 Å². The van der Waals surface area contributed by atoms with Crippen molar-refractivity contribution in [2.45, 2.75) is 13.0 Å². The number of rotatable bonds is 2. The van der Waals surface area contributed by atoms with E-state index in [1.54, 1.807) is 0 Å². The lowest BCUT2D eigenvalue weighted by Crippen LogP contribution is -2.11. The molecular weight excluding hydrogens is 237 g/mol. The summed E-state index contributed by atoms with van der Waals surface area (Å²) in [5, 5.41) is 3.92. The van der Waals surface area contributed by atoms with E-state index in [4.69, 9.17) is 11.6 Å². The van der Waals surface area contributed by atoms with Crippen LogP contribution in [0, 0.1) is 0 Å². The van der Waals surface area contributed by atoms with E-state index in [0.29, 0.717) is 6.04 Å². The highest BCUT2D eigenvalue weighted by Gasteiger charge is 2.04. The molecule has 0 saturated heterocycles. The van der Waals surface area contributed by atoms with Crippen molar-refractivity contribution in [1.29, 1.82) is 0 Å². The summed E-state index contributed by atoms with van der Waals surface area (Å²) >= 11 is 9.25. The largest absolute Gasteiger partial charge is 0.313 e. The molecule has 1 atom stereocenters. The monoisotopic (exact) mass is 247 g/mol. The maximum Gasteiger partial charge on any atom is 0.0548 e. The van der Waals surface area contributed by atoms with Gasteiger partial charge < -0.3 is 5.32 Å².